The van der Waals surface area contributed by atoms with Crippen LogP contribution < -0.4 is 10.2 Å². The average Bonchev–Trinajstić information content (AvgIpc) is 2.67. The van der Waals surface area contributed by atoms with Gasteiger partial charge in [0.2, 0.25) is 0 Å². The first-order chi connectivity index (χ1) is 12.1. The summed E-state index contributed by atoms with van der Waals surface area (Å²) >= 11 is 0. The van der Waals surface area contributed by atoms with Gasteiger partial charge in [0, 0.05) is 56.4 Å². The molecule has 3 rings (SSSR count). The Morgan fingerprint density at radius 1 is 1.00 bits per heavy atom. The van der Waals surface area contributed by atoms with Gasteiger partial charge in [0.1, 0.15) is 0 Å². The van der Waals surface area contributed by atoms with E-state index in [-0.39, 0.29) is 11.8 Å². The number of ketones is 1. The first-order valence-corrected chi connectivity index (χ1v) is 8.41. The molecular weight excluding hydrogens is 316 g/mol. The maximum Gasteiger partial charge on any atom is 0.317 e. The van der Waals surface area contributed by atoms with Gasteiger partial charge in [-0.3, -0.25) is 9.78 Å². The maximum absolute atomic E-state index is 12.3. The third-order valence-electron chi connectivity index (χ3n) is 4.40. The highest BCUT2D eigenvalue weighted by Crippen LogP contribution is 2.17. The molecule has 1 aromatic heterocycles. The molecule has 6 nitrogen and oxygen atoms in total. The van der Waals surface area contributed by atoms with E-state index in [1.54, 1.807) is 19.3 Å². The molecule has 2 heterocycles. The quantitative estimate of drug-likeness (QED) is 0.869. The van der Waals surface area contributed by atoms with Gasteiger partial charge in [-0.05, 0) is 48.9 Å². The minimum absolute atomic E-state index is 0.0385. The number of piperazine rings is 1. The van der Waals surface area contributed by atoms with Gasteiger partial charge in [-0.25, -0.2) is 4.79 Å². The van der Waals surface area contributed by atoms with Gasteiger partial charge < -0.3 is 15.1 Å². The number of amides is 2. The summed E-state index contributed by atoms with van der Waals surface area (Å²) in [5.41, 5.74) is 2.84. The lowest BCUT2D eigenvalue weighted by atomic mass is 10.1. The van der Waals surface area contributed by atoms with Crippen LogP contribution in [-0.4, -0.2) is 47.9 Å². The molecule has 1 aromatic carbocycles. The predicted molar refractivity (Wildman–Crippen MR) is 96.7 cm³/mol. The highest BCUT2D eigenvalue weighted by molar-refractivity contribution is 5.94. The lowest BCUT2D eigenvalue weighted by Crippen LogP contribution is -2.51. The number of benzene rings is 1. The smallest absolute Gasteiger partial charge is 0.317 e. The molecule has 1 aliphatic heterocycles. The van der Waals surface area contributed by atoms with Crippen molar-refractivity contribution in [2.75, 3.05) is 31.1 Å². The summed E-state index contributed by atoms with van der Waals surface area (Å²) in [5, 5.41) is 2.95. The lowest BCUT2D eigenvalue weighted by Gasteiger charge is -2.36. The minimum Gasteiger partial charge on any atom is -0.368 e. The third kappa shape index (κ3) is 4.35. The SMILES string of the molecule is CC(=O)c1ccc(N2CCN(C(=O)NCc3ccncc3)CC2)cc1. The van der Waals surface area contributed by atoms with Crippen molar-refractivity contribution in [2.24, 2.45) is 0 Å². The molecule has 0 radical (unpaired) electrons. The highest BCUT2D eigenvalue weighted by atomic mass is 16.2. The van der Waals surface area contributed by atoms with E-state index in [4.69, 9.17) is 0 Å². The summed E-state index contributed by atoms with van der Waals surface area (Å²) in [4.78, 5) is 31.7. The monoisotopic (exact) mass is 338 g/mol. The van der Waals surface area contributed by atoms with Crippen molar-refractivity contribution in [1.82, 2.24) is 15.2 Å². The zero-order valence-electron chi connectivity index (χ0n) is 14.3. The second-order valence-electron chi connectivity index (χ2n) is 6.09. The van der Waals surface area contributed by atoms with Crippen molar-refractivity contribution >= 4 is 17.5 Å². The van der Waals surface area contributed by atoms with Crippen molar-refractivity contribution in [3.05, 3.63) is 59.9 Å². The molecular formula is C19H22N4O2. The molecule has 2 aromatic rings. The van der Waals surface area contributed by atoms with Crippen molar-refractivity contribution in [3.8, 4) is 0 Å². The molecule has 1 fully saturated rings. The predicted octanol–water partition coefficient (Wildman–Crippen LogP) is 2.32. The molecule has 1 N–H and O–H groups in total. The minimum atomic E-state index is -0.0385. The number of aromatic nitrogens is 1. The van der Waals surface area contributed by atoms with Crippen molar-refractivity contribution in [1.29, 1.82) is 0 Å². The summed E-state index contributed by atoms with van der Waals surface area (Å²) in [6.45, 7) is 4.99. The average molecular weight is 338 g/mol. The van der Waals surface area contributed by atoms with Gasteiger partial charge in [-0.15, -0.1) is 0 Å². The van der Waals surface area contributed by atoms with E-state index in [1.165, 1.54) is 0 Å². The van der Waals surface area contributed by atoms with Crippen LogP contribution in [0.15, 0.2) is 48.8 Å². The molecule has 1 saturated heterocycles. The Morgan fingerprint density at radius 2 is 1.64 bits per heavy atom. The summed E-state index contributed by atoms with van der Waals surface area (Å²) in [6.07, 6.45) is 3.44. The summed E-state index contributed by atoms with van der Waals surface area (Å²) in [7, 11) is 0. The molecule has 0 atom stereocenters. The molecule has 0 aliphatic carbocycles. The van der Waals surface area contributed by atoms with Crippen LogP contribution in [0.1, 0.15) is 22.8 Å². The largest absolute Gasteiger partial charge is 0.368 e. The number of rotatable bonds is 4. The molecule has 25 heavy (non-hydrogen) atoms. The summed E-state index contributed by atoms with van der Waals surface area (Å²) in [6, 6.07) is 11.4. The Balaban J connectivity index is 1.49. The summed E-state index contributed by atoms with van der Waals surface area (Å²) < 4.78 is 0. The molecule has 0 unspecified atom stereocenters. The molecule has 0 bridgehead atoms. The Labute approximate surface area is 147 Å². The van der Waals surface area contributed by atoms with Crippen LogP contribution in [0.25, 0.3) is 0 Å². The van der Waals surface area contributed by atoms with E-state index in [0.29, 0.717) is 19.6 Å². The number of carbonyl (C=O) groups is 2. The first-order valence-electron chi connectivity index (χ1n) is 8.41. The number of carbonyl (C=O) groups excluding carboxylic acids is 2. The molecule has 2 amide bonds. The van der Waals surface area contributed by atoms with Crippen LogP contribution in [-0.2, 0) is 6.54 Å². The number of anilines is 1. The Bertz CT molecular complexity index is 723. The maximum atomic E-state index is 12.3. The van der Waals surface area contributed by atoms with Crippen LogP contribution in [0.5, 0.6) is 0 Å². The second-order valence-corrected chi connectivity index (χ2v) is 6.09. The number of hydrogen-bond donors (Lipinski definition) is 1. The van der Waals surface area contributed by atoms with Gasteiger partial charge in [-0.1, -0.05) is 0 Å². The molecule has 0 saturated carbocycles. The number of urea groups is 1. The van der Waals surface area contributed by atoms with Crippen LogP contribution in [0.2, 0.25) is 0 Å². The van der Waals surface area contributed by atoms with E-state index in [1.807, 2.05) is 41.3 Å². The van der Waals surface area contributed by atoms with Gasteiger partial charge in [-0.2, -0.15) is 0 Å². The van der Waals surface area contributed by atoms with Gasteiger partial charge in [0.25, 0.3) is 0 Å². The zero-order chi connectivity index (χ0) is 17.6. The van der Waals surface area contributed by atoms with Gasteiger partial charge in [0.15, 0.2) is 5.78 Å². The van der Waals surface area contributed by atoms with E-state index in [2.05, 4.69) is 15.2 Å². The normalized spacial score (nSPS) is 14.3. The third-order valence-corrected chi connectivity index (χ3v) is 4.40. The number of pyridine rings is 1. The second kappa shape index (κ2) is 7.79. The van der Waals surface area contributed by atoms with Crippen LogP contribution in [0.3, 0.4) is 0 Å². The Kier molecular flexibility index (Phi) is 5.28. The molecule has 6 heteroatoms. The van der Waals surface area contributed by atoms with Gasteiger partial charge in [0.05, 0.1) is 0 Å². The molecule has 0 spiro atoms. The first kappa shape index (κ1) is 17.0. The van der Waals surface area contributed by atoms with Crippen LogP contribution >= 0.6 is 0 Å². The molecule has 130 valence electrons. The zero-order valence-corrected chi connectivity index (χ0v) is 14.3. The number of nitrogens with one attached hydrogen (secondary N) is 1. The van der Waals surface area contributed by atoms with Crippen molar-refractivity contribution in [3.63, 3.8) is 0 Å². The van der Waals surface area contributed by atoms with Crippen molar-refractivity contribution in [2.45, 2.75) is 13.5 Å². The van der Waals surface area contributed by atoms with E-state index < -0.39 is 0 Å². The Hall–Kier alpha value is -2.89. The van der Waals surface area contributed by atoms with Gasteiger partial charge >= 0.3 is 6.03 Å². The standard InChI is InChI=1S/C19H22N4O2/c1-15(24)17-2-4-18(5-3-17)22-10-12-23(13-11-22)19(25)21-14-16-6-8-20-9-7-16/h2-9H,10-14H2,1H3,(H,21,25). The summed E-state index contributed by atoms with van der Waals surface area (Å²) in [5.74, 6) is 0.0715. The fraction of sp³-hybridized carbons (Fsp3) is 0.316. The fourth-order valence-corrected chi connectivity index (χ4v) is 2.86. The number of Topliss-reactive ketones (excluding diaryl/α,β-unsaturated/α-hetero) is 1. The van der Waals surface area contributed by atoms with Crippen LogP contribution in [0, 0.1) is 0 Å². The number of hydrogen-bond acceptors (Lipinski definition) is 4. The molecule has 1 aliphatic rings. The number of nitrogens with zero attached hydrogens (tertiary/aromatic N) is 3. The Morgan fingerprint density at radius 3 is 2.24 bits per heavy atom. The topological polar surface area (TPSA) is 65.5 Å². The van der Waals surface area contributed by atoms with E-state index in [0.717, 1.165) is 29.9 Å². The highest BCUT2D eigenvalue weighted by Gasteiger charge is 2.21. The van der Waals surface area contributed by atoms with E-state index >= 15 is 0 Å². The van der Waals surface area contributed by atoms with Crippen LogP contribution in [0.4, 0.5) is 10.5 Å². The van der Waals surface area contributed by atoms with Crippen molar-refractivity contribution < 1.29 is 9.59 Å². The lowest BCUT2D eigenvalue weighted by molar-refractivity contribution is 0.101. The fourth-order valence-electron chi connectivity index (χ4n) is 2.86. The van der Waals surface area contributed by atoms with E-state index in [9.17, 15) is 9.59 Å².